The van der Waals surface area contributed by atoms with Crippen LogP contribution in [0.3, 0.4) is 0 Å². The van der Waals surface area contributed by atoms with Gasteiger partial charge in [0.2, 0.25) is 5.91 Å². The van der Waals surface area contributed by atoms with Gasteiger partial charge in [-0.05, 0) is 43.7 Å². The molecule has 3 nitrogen and oxygen atoms in total. The molecular formula is C18H28N2O. The summed E-state index contributed by atoms with van der Waals surface area (Å²) in [5.74, 6) is 0.152. The third-order valence-electron chi connectivity index (χ3n) is 4.56. The Balaban J connectivity index is 1.74. The quantitative estimate of drug-likeness (QED) is 0.875. The van der Waals surface area contributed by atoms with Gasteiger partial charge in [0.1, 0.15) is 0 Å². The Morgan fingerprint density at radius 1 is 1.43 bits per heavy atom. The van der Waals surface area contributed by atoms with Gasteiger partial charge in [0.15, 0.2) is 0 Å². The molecule has 0 aromatic heterocycles. The Hall–Kier alpha value is -1.35. The molecule has 1 aliphatic rings. The lowest BCUT2D eigenvalue weighted by atomic mass is 9.77. The van der Waals surface area contributed by atoms with Crippen molar-refractivity contribution in [2.24, 2.45) is 5.41 Å². The number of carbonyl (C=O) groups is 1. The lowest BCUT2D eigenvalue weighted by Crippen LogP contribution is -2.52. The van der Waals surface area contributed by atoms with Gasteiger partial charge in [-0.25, -0.2) is 0 Å². The highest BCUT2D eigenvalue weighted by Gasteiger charge is 2.31. The number of amides is 1. The van der Waals surface area contributed by atoms with Crippen molar-refractivity contribution in [3.8, 4) is 0 Å². The molecule has 0 bridgehead atoms. The summed E-state index contributed by atoms with van der Waals surface area (Å²) in [6, 6.07) is 8.76. The fourth-order valence-corrected chi connectivity index (χ4v) is 3.05. The van der Waals surface area contributed by atoms with Gasteiger partial charge in [-0.3, -0.25) is 4.79 Å². The molecule has 1 saturated heterocycles. The Morgan fingerprint density at radius 2 is 2.24 bits per heavy atom. The standard InChI is InChI=1S/C18H28N2O/c1-14-6-4-7-15(12-14)8-9-17(21)20-13-16-18(2,3)10-5-11-19-16/h4,6-7,12,16,19H,5,8-11,13H2,1-3H3,(H,20,21). The fourth-order valence-electron chi connectivity index (χ4n) is 3.05. The molecule has 0 saturated carbocycles. The van der Waals surface area contributed by atoms with E-state index in [-0.39, 0.29) is 11.3 Å². The molecule has 21 heavy (non-hydrogen) atoms. The van der Waals surface area contributed by atoms with Gasteiger partial charge < -0.3 is 10.6 Å². The molecule has 1 aromatic rings. The van der Waals surface area contributed by atoms with Crippen LogP contribution in [0.4, 0.5) is 0 Å². The first-order chi connectivity index (χ1) is 9.97. The maximum absolute atomic E-state index is 12.0. The van der Waals surface area contributed by atoms with Gasteiger partial charge >= 0.3 is 0 Å². The SMILES string of the molecule is Cc1cccc(CCC(=O)NCC2NCCCC2(C)C)c1. The second kappa shape index (κ2) is 7.08. The molecule has 0 aliphatic carbocycles. The number of nitrogens with one attached hydrogen (secondary N) is 2. The first-order valence-corrected chi connectivity index (χ1v) is 8.03. The number of rotatable bonds is 5. The van der Waals surface area contributed by atoms with Gasteiger partial charge in [0.05, 0.1) is 0 Å². The zero-order valence-electron chi connectivity index (χ0n) is 13.5. The second-order valence-corrected chi connectivity index (χ2v) is 6.89. The van der Waals surface area contributed by atoms with Crippen LogP contribution in [0.2, 0.25) is 0 Å². The van der Waals surface area contributed by atoms with Crippen molar-refractivity contribution in [3.63, 3.8) is 0 Å². The van der Waals surface area contributed by atoms with E-state index in [1.807, 2.05) is 0 Å². The second-order valence-electron chi connectivity index (χ2n) is 6.89. The smallest absolute Gasteiger partial charge is 0.220 e. The molecule has 1 atom stereocenters. The minimum atomic E-state index is 0.152. The number of carbonyl (C=O) groups excluding carboxylic acids is 1. The highest BCUT2D eigenvalue weighted by Crippen LogP contribution is 2.29. The van der Waals surface area contributed by atoms with Crippen molar-refractivity contribution >= 4 is 5.91 Å². The van der Waals surface area contributed by atoms with Crippen LogP contribution in [0.5, 0.6) is 0 Å². The van der Waals surface area contributed by atoms with Crippen molar-refractivity contribution in [3.05, 3.63) is 35.4 Å². The summed E-state index contributed by atoms with van der Waals surface area (Å²) in [4.78, 5) is 12.0. The summed E-state index contributed by atoms with van der Waals surface area (Å²) in [6.45, 7) is 8.44. The van der Waals surface area contributed by atoms with Crippen molar-refractivity contribution in [1.82, 2.24) is 10.6 Å². The predicted octanol–water partition coefficient (Wildman–Crippen LogP) is 2.82. The topological polar surface area (TPSA) is 41.1 Å². The zero-order valence-corrected chi connectivity index (χ0v) is 13.5. The van der Waals surface area contributed by atoms with Gasteiger partial charge in [0, 0.05) is 19.0 Å². The first-order valence-electron chi connectivity index (χ1n) is 8.03. The van der Waals surface area contributed by atoms with Crippen LogP contribution < -0.4 is 10.6 Å². The summed E-state index contributed by atoms with van der Waals surface area (Å²) in [6.07, 6.45) is 3.83. The maximum atomic E-state index is 12.0. The van der Waals surface area contributed by atoms with Crippen molar-refractivity contribution < 1.29 is 4.79 Å². The number of benzene rings is 1. The van der Waals surface area contributed by atoms with Gasteiger partial charge in [0.25, 0.3) is 0 Å². The molecule has 0 radical (unpaired) electrons. The molecule has 0 spiro atoms. The van der Waals surface area contributed by atoms with E-state index in [1.165, 1.54) is 24.0 Å². The molecule has 116 valence electrons. The summed E-state index contributed by atoms with van der Waals surface area (Å²) in [5.41, 5.74) is 2.75. The molecule has 1 aliphatic heterocycles. The van der Waals surface area contributed by atoms with Crippen LogP contribution in [0, 0.1) is 12.3 Å². The Bertz CT molecular complexity index is 482. The molecule has 2 rings (SSSR count). The van der Waals surface area contributed by atoms with E-state index in [4.69, 9.17) is 0 Å². The third kappa shape index (κ3) is 4.85. The summed E-state index contributed by atoms with van der Waals surface area (Å²) in [5, 5.41) is 6.62. The number of hydrogen-bond donors (Lipinski definition) is 2. The lowest BCUT2D eigenvalue weighted by molar-refractivity contribution is -0.121. The minimum Gasteiger partial charge on any atom is -0.355 e. The lowest BCUT2D eigenvalue weighted by Gasteiger charge is -2.39. The molecule has 1 unspecified atom stereocenters. The van der Waals surface area contributed by atoms with Crippen LogP contribution >= 0.6 is 0 Å². The van der Waals surface area contributed by atoms with E-state index in [0.29, 0.717) is 12.5 Å². The molecule has 1 amide bonds. The highest BCUT2D eigenvalue weighted by molar-refractivity contribution is 5.76. The van der Waals surface area contributed by atoms with Crippen molar-refractivity contribution in [2.75, 3.05) is 13.1 Å². The van der Waals surface area contributed by atoms with E-state index >= 15 is 0 Å². The van der Waals surface area contributed by atoms with E-state index in [0.717, 1.165) is 19.5 Å². The van der Waals surface area contributed by atoms with Crippen LogP contribution in [0.1, 0.15) is 44.2 Å². The molecule has 3 heteroatoms. The average Bonchev–Trinajstić information content (AvgIpc) is 2.43. The normalized spacial score (nSPS) is 21.0. The zero-order chi connectivity index (χ0) is 15.3. The van der Waals surface area contributed by atoms with Crippen LogP contribution in [-0.4, -0.2) is 25.0 Å². The van der Waals surface area contributed by atoms with E-state index < -0.39 is 0 Å². The van der Waals surface area contributed by atoms with Crippen LogP contribution in [0.15, 0.2) is 24.3 Å². The van der Waals surface area contributed by atoms with Gasteiger partial charge in [-0.15, -0.1) is 0 Å². The number of aryl methyl sites for hydroxylation is 2. The van der Waals surface area contributed by atoms with Crippen LogP contribution in [-0.2, 0) is 11.2 Å². The average molecular weight is 288 g/mol. The Kier molecular flexibility index (Phi) is 5.40. The van der Waals surface area contributed by atoms with Gasteiger partial charge in [-0.1, -0.05) is 43.7 Å². The van der Waals surface area contributed by atoms with E-state index in [2.05, 4.69) is 55.7 Å². The largest absolute Gasteiger partial charge is 0.355 e. The number of hydrogen-bond acceptors (Lipinski definition) is 2. The van der Waals surface area contributed by atoms with Gasteiger partial charge in [-0.2, -0.15) is 0 Å². The maximum Gasteiger partial charge on any atom is 0.220 e. The summed E-state index contributed by atoms with van der Waals surface area (Å²) in [7, 11) is 0. The number of piperidine rings is 1. The Morgan fingerprint density at radius 3 is 2.95 bits per heavy atom. The third-order valence-corrected chi connectivity index (χ3v) is 4.56. The first kappa shape index (κ1) is 16.0. The minimum absolute atomic E-state index is 0.152. The molecule has 1 heterocycles. The van der Waals surface area contributed by atoms with Crippen molar-refractivity contribution in [1.29, 1.82) is 0 Å². The van der Waals surface area contributed by atoms with E-state index in [1.54, 1.807) is 0 Å². The molecule has 1 aromatic carbocycles. The van der Waals surface area contributed by atoms with E-state index in [9.17, 15) is 4.79 Å². The molecule has 2 N–H and O–H groups in total. The fraction of sp³-hybridized carbons (Fsp3) is 0.611. The Labute approximate surface area is 128 Å². The summed E-state index contributed by atoms with van der Waals surface area (Å²) < 4.78 is 0. The molecular weight excluding hydrogens is 260 g/mol. The van der Waals surface area contributed by atoms with Crippen LogP contribution in [0.25, 0.3) is 0 Å². The highest BCUT2D eigenvalue weighted by atomic mass is 16.1. The monoisotopic (exact) mass is 288 g/mol. The van der Waals surface area contributed by atoms with Crippen molar-refractivity contribution in [2.45, 2.75) is 52.5 Å². The molecule has 1 fully saturated rings. The summed E-state index contributed by atoms with van der Waals surface area (Å²) >= 11 is 0. The predicted molar refractivity (Wildman–Crippen MR) is 87.3 cm³/mol.